The second-order valence-electron chi connectivity index (χ2n) is 5.34. The molecule has 2 aromatic carbocycles. The van der Waals surface area contributed by atoms with Crippen molar-refractivity contribution in [3.8, 4) is 0 Å². The van der Waals surface area contributed by atoms with Gasteiger partial charge < -0.3 is 15.0 Å². The number of rotatable bonds is 5. The molecule has 0 aliphatic heterocycles. The third-order valence-electron chi connectivity index (χ3n) is 3.31. The first-order valence-corrected chi connectivity index (χ1v) is 7.31. The highest BCUT2D eigenvalue weighted by Gasteiger charge is 2.19. The molecule has 1 N–H and O–H groups in total. The molecule has 2 rings (SSSR count). The molecule has 0 unspecified atom stereocenters. The van der Waals surface area contributed by atoms with Crippen molar-refractivity contribution in [2.75, 3.05) is 24.3 Å². The van der Waals surface area contributed by atoms with E-state index in [0.29, 0.717) is 11.3 Å². The van der Waals surface area contributed by atoms with Crippen LogP contribution in [0.25, 0.3) is 0 Å². The molecule has 0 bridgehead atoms. The third kappa shape index (κ3) is 4.57. The Balaban J connectivity index is 1.94. The third-order valence-corrected chi connectivity index (χ3v) is 3.31. The minimum Gasteiger partial charge on any atom is -0.449 e. The monoisotopic (exact) mass is 312 g/mol. The van der Waals surface area contributed by atoms with Crippen LogP contribution in [-0.2, 0) is 9.53 Å². The Bertz CT molecular complexity index is 666. The summed E-state index contributed by atoms with van der Waals surface area (Å²) in [5.41, 5.74) is 2.06. The fraction of sp³-hybridized carbons (Fsp3) is 0.222. The molecular weight excluding hydrogens is 292 g/mol. The Morgan fingerprint density at radius 1 is 1.00 bits per heavy atom. The maximum atomic E-state index is 12.1. The lowest BCUT2D eigenvalue weighted by molar-refractivity contribution is -0.123. The van der Waals surface area contributed by atoms with Crippen molar-refractivity contribution < 1.29 is 14.3 Å². The quantitative estimate of drug-likeness (QED) is 0.862. The van der Waals surface area contributed by atoms with E-state index in [9.17, 15) is 9.59 Å². The van der Waals surface area contributed by atoms with Crippen LogP contribution in [0.3, 0.4) is 0 Å². The second kappa shape index (κ2) is 7.45. The molecular formula is C18H20N2O3. The molecule has 0 radical (unpaired) electrons. The number of hydrogen-bond donors (Lipinski definition) is 1. The highest BCUT2D eigenvalue weighted by molar-refractivity contribution is 5.97. The zero-order valence-corrected chi connectivity index (χ0v) is 13.4. The molecule has 0 aliphatic rings. The van der Waals surface area contributed by atoms with E-state index < -0.39 is 12.1 Å². The van der Waals surface area contributed by atoms with Gasteiger partial charge in [0.1, 0.15) is 0 Å². The highest BCUT2D eigenvalue weighted by Crippen LogP contribution is 2.14. The lowest BCUT2D eigenvalue weighted by Crippen LogP contribution is -2.30. The summed E-state index contributed by atoms with van der Waals surface area (Å²) in [6, 6.07) is 16.0. The zero-order valence-electron chi connectivity index (χ0n) is 13.4. The first-order chi connectivity index (χ1) is 11.0. The summed E-state index contributed by atoms with van der Waals surface area (Å²) in [4.78, 5) is 26.0. The van der Waals surface area contributed by atoms with Gasteiger partial charge >= 0.3 is 5.97 Å². The van der Waals surface area contributed by atoms with Gasteiger partial charge in [-0.15, -0.1) is 0 Å². The molecule has 0 saturated heterocycles. The van der Waals surface area contributed by atoms with Gasteiger partial charge in [0.25, 0.3) is 5.91 Å². The van der Waals surface area contributed by atoms with E-state index in [-0.39, 0.29) is 5.91 Å². The number of benzene rings is 2. The number of anilines is 2. The average Bonchev–Trinajstić information content (AvgIpc) is 2.55. The summed E-state index contributed by atoms with van der Waals surface area (Å²) in [7, 11) is 3.84. The van der Waals surface area contributed by atoms with Crippen molar-refractivity contribution in [1.82, 2.24) is 0 Å². The molecule has 0 saturated carbocycles. The number of ether oxygens (including phenoxy) is 1. The van der Waals surface area contributed by atoms with E-state index >= 15 is 0 Å². The predicted molar refractivity (Wildman–Crippen MR) is 90.7 cm³/mol. The normalized spacial score (nSPS) is 11.4. The standard InChI is InChI=1S/C18H20N2O3/c1-13(17(21)19-15-7-5-4-6-8-15)23-18(22)14-9-11-16(12-10-14)20(2)3/h4-13H,1-3H3,(H,19,21)/t13-/m0/s1. The molecule has 120 valence electrons. The predicted octanol–water partition coefficient (Wildman–Crippen LogP) is 2.94. The van der Waals surface area contributed by atoms with Crippen LogP contribution >= 0.6 is 0 Å². The van der Waals surface area contributed by atoms with E-state index in [1.54, 1.807) is 31.2 Å². The number of carbonyl (C=O) groups excluding carboxylic acids is 2. The van der Waals surface area contributed by atoms with Gasteiger partial charge in [0.2, 0.25) is 0 Å². The SMILES string of the molecule is C[C@H](OC(=O)c1ccc(N(C)C)cc1)C(=O)Nc1ccccc1. The number of esters is 1. The first-order valence-electron chi connectivity index (χ1n) is 7.31. The zero-order chi connectivity index (χ0) is 16.8. The molecule has 23 heavy (non-hydrogen) atoms. The van der Waals surface area contributed by atoms with E-state index in [4.69, 9.17) is 4.74 Å². The van der Waals surface area contributed by atoms with Gasteiger partial charge in [-0.05, 0) is 43.3 Å². The fourth-order valence-corrected chi connectivity index (χ4v) is 1.94. The Morgan fingerprint density at radius 3 is 2.17 bits per heavy atom. The molecule has 0 fully saturated rings. The van der Waals surface area contributed by atoms with Gasteiger partial charge in [-0.1, -0.05) is 18.2 Å². The van der Waals surface area contributed by atoms with E-state index in [0.717, 1.165) is 5.69 Å². The van der Waals surface area contributed by atoms with E-state index in [2.05, 4.69) is 5.32 Å². The van der Waals surface area contributed by atoms with E-state index in [1.807, 2.05) is 49.3 Å². The Hall–Kier alpha value is -2.82. The van der Waals surface area contributed by atoms with Gasteiger partial charge in [-0.25, -0.2) is 4.79 Å². The number of nitrogens with zero attached hydrogens (tertiary/aromatic N) is 1. The molecule has 0 aromatic heterocycles. The Labute approximate surface area is 135 Å². The number of nitrogens with one attached hydrogen (secondary N) is 1. The molecule has 2 aromatic rings. The van der Waals surface area contributed by atoms with Crippen molar-refractivity contribution in [2.24, 2.45) is 0 Å². The summed E-state index contributed by atoms with van der Waals surface area (Å²) >= 11 is 0. The minimum absolute atomic E-state index is 0.366. The molecule has 1 amide bonds. The van der Waals surface area contributed by atoms with Crippen LogP contribution < -0.4 is 10.2 Å². The lowest BCUT2D eigenvalue weighted by atomic mass is 10.2. The maximum absolute atomic E-state index is 12.1. The largest absolute Gasteiger partial charge is 0.449 e. The second-order valence-corrected chi connectivity index (χ2v) is 5.34. The molecule has 5 heteroatoms. The summed E-state index contributed by atoms with van der Waals surface area (Å²) in [5, 5.41) is 2.70. The molecule has 0 spiro atoms. The number of para-hydroxylation sites is 1. The summed E-state index contributed by atoms with van der Waals surface area (Å²) in [6.07, 6.45) is -0.878. The molecule has 0 aliphatic carbocycles. The fourth-order valence-electron chi connectivity index (χ4n) is 1.94. The van der Waals surface area contributed by atoms with Crippen LogP contribution in [0.4, 0.5) is 11.4 Å². The topological polar surface area (TPSA) is 58.6 Å². The van der Waals surface area contributed by atoms with Crippen molar-refractivity contribution in [2.45, 2.75) is 13.0 Å². The van der Waals surface area contributed by atoms with Gasteiger partial charge in [0.15, 0.2) is 6.10 Å². The van der Waals surface area contributed by atoms with Crippen molar-refractivity contribution >= 4 is 23.3 Å². The van der Waals surface area contributed by atoms with Crippen LogP contribution in [0.1, 0.15) is 17.3 Å². The number of hydrogen-bond acceptors (Lipinski definition) is 4. The number of carbonyl (C=O) groups is 2. The van der Waals surface area contributed by atoms with Crippen molar-refractivity contribution in [3.63, 3.8) is 0 Å². The van der Waals surface area contributed by atoms with E-state index in [1.165, 1.54) is 0 Å². The lowest BCUT2D eigenvalue weighted by Gasteiger charge is -2.15. The van der Waals surface area contributed by atoms with Gasteiger partial charge in [0.05, 0.1) is 5.56 Å². The molecule has 1 atom stereocenters. The van der Waals surface area contributed by atoms with Gasteiger partial charge in [-0.3, -0.25) is 4.79 Å². The van der Waals surface area contributed by atoms with Crippen LogP contribution in [0.15, 0.2) is 54.6 Å². The summed E-state index contributed by atoms with van der Waals surface area (Å²) < 4.78 is 5.21. The highest BCUT2D eigenvalue weighted by atomic mass is 16.5. The van der Waals surface area contributed by atoms with Crippen LogP contribution in [-0.4, -0.2) is 32.1 Å². The maximum Gasteiger partial charge on any atom is 0.338 e. The van der Waals surface area contributed by atoms with Crippen molar-refractivity contribution in [3.05, 3.63) is 60.2 Å². The van der Waals surface area contributed by atoms with Crippen LogP contribution in [0.5, 0.6) is 0 Å². The minimum atomic E-state index is -0.878. The van der Waals surface area contributed by atoms with Gasteiger partial charge in [-0.2, -0.15) is 0 Å². The van der Waals surface area contributed by atoms with Crippen LogP contribution in [0.2, 0.25) is 0 Å². The first kappa shape index (κ1) is 16.5. The Kier molecular flexibility index (Phi) is 5.36. The average molecular weight is 312 g/mol. The smallest absolute Gasteiger partial charge is 0.338 e. The van der Waals surface area contributed by atoms with Gasteiger partial charge in [0, 0.05) is 25.5 Å². The Morgan fingerprint density at radius 2 is 1.61 bits per heavy atom. The summed E-state index contributed by atoms with van der Waals surface area (Å²) in [5.74, 6) is -0.888. The molecule has 5 nitrogen and oxygen atoms in total. The number of amides is 1. The van der Waals surface area contributed by atoms with Crippen LogP contribution in [0, 0.1) is 0 Å². The summed E-state index contributed by atoms with van der Waals surface area (Å²) in [6.45, 7) is 1.55. The van der Waals surface area contributed by atoms with Crippen molar-refractivity contribution in [1.29, 1.82) is 0 Å². The molecule has 0 heterocycles.